The second-order valence-electron chi connectivity index (χ2n) is 8.02. The second kappa shape index (κ2) is 8.54. The van der Waals surface area contributed by atoms with Crippen LogP contribution in [0.2, 0.25) is 5.02 Å². The Morgan fingerprint density at radius 2 is 2.03 bits per heavy atom. The molecule has 0 bridgehead atoms. The Kier molecular flexibility index (Phi) is 5.94. The van der Waals surface area contributed by atoms with Gasteiger partial charge < -0.3 is 25.2 Å². The van der Waals surface area contributed by atoms with Gasteiger partial charge in [0.1, 0.15) is 17.2 Å². The topological polar surface area (TPSA) is 97.9 Å². The van der Waals surface area contributed by atoms with E-state index in [4.69, 9.17) is 39.0 Å². The molecule has 0 radical (unpaired) electrons. The Morgan fingerprint density at radius 3 is 2.66 bits per heavy atom. The molecule has 1 fully saturated rings. The van der Waals surface area contributed by atoms with E-state index in [-0.39, 0.29) is 5.56 Å². The summed E-state index contributed by atoms with van der Waals surface area (Å²) < 4.78 is 11.3. The van der Waals surface area contributed by atoms with Crippen LogP contribution in [0.15, 0.2) is 42.6 Å². The lowest BCUT2D eigenvalue weighted by atomic mass is 9.96. The maximum absolute atomic E-state index is 11.8. The molecular weight excluding hydrogens is 450 g/mol. The van der Waals surface area contributed by atoms with Crippen molar-refractivity contribution in [2.45, 2.75) is 18.9 Å². The molecule has 0 unspecified atom stereocenters. The second-order valence-corrected chi connectivity index (χ2v) is 8.90. The van der Waals surface area contributed by atoms with Gasteiger partial charge in [-0.2, -0.15) is 0 Å². The first kappa shape index (κ1) is 22.3. The van der Waals surface area contributed by atoms with E-state index in [0.29, 0.717) is 52.7 Å². The molecule has 166 valence electrons. The molecular formula is C23H22ClN3O4S. The Bertz CT molecular complexity index is 1220. The van der Waals surface area contributed by atoms with Crippen LogP contribution in [-0.4, -0.2) is 51.7 Å². The van der Waals surface area contributed by atoms with E-state index in [2.05, 4.69) is 4.98 Å². The first-order valence-electron chi connectivity index (χ1n) is 9.90. The molecule has 4 rings (SSSR count). The molecule has 1 saturated heterocycles. The van der Waals surface area contributed by atoms with Gasteiger partial charge in [-0.25, -0.2) is 0 Å². The minimum absolute atomic E-state index is 0.240. The number of methoxy groups -OCH3 is 1. The number of β-amino-alcohol motifs (C(OH)–C–C–N with tert-alkyl or cyclic N) is 1. The van der Waals surface area contributed by atoms with E-state index >= 15 is 0 Å². The highest BCUT2D eigenvalue weighted by atomic mass is 35.5. The first-order valence-corrected chi connectivity index (χ1v) is 10.7. The lowest BCUT2D eigenvalue weighted by Gasteiger charge is -2.45. The summed E-state index contributed by atoms with van der Waals surface area (Å²) in [6, 6.07) is 10.3. The van der Waals surface area contributed by atoms with Crippen LogP contribution < -0.4 is 15.2 Å². The molecule has 0 saturated carbocycles. The number of hydrogen-bond acceptors (Lipinski definition) is 6. The maximum Gasteiger partial charge on any atom is 0.252 e. The highest BCUT2D eigenvalue weighted by molar-refractivity contribution is 7.80. The fourth-order valence-electron chi connectivity index (χ4n) is 3.69. The summed E-state index contributed by atoms with van der Waals surface area (Å²) >= 11 is 12.0. The maximum atomic E-state index is 11.8. The number of nitrogens with zero attached hydrogens (tertiary/aromatic N) is 2. The third-order valence-electron chi connectivity index (χ3n) is 5.30. The van der Waals surface area contributed by atoms with Crippen molar-refractivity contribution in [3.8, 4) is 17.2 Å². The molecule has 0 spiro atoms. The molecule has 1 amide bonds. The predicted molar refractivity (Wildman–Crippen MR) is 127 cm³/mol. The van der Waals surface area contributed by atoms with Crippen LogP contribution in [-0.2, 0) is 6.42 Å². The number of nitrogens with two attached hydrogens (primary N) is 1. The number of halogens is 1. The molecule has 9 heteroatoms. The number of pyridine rings is 1. The van der Waals surface area contributed by atoms with Gasteiger partial charge in [0.15, 0.2) is 0 Å². The van der Waals surface area contributed by atoms with E-state index in [9.17, 15) is 9.90 Å². The molecule has 2 heterocycles. The Labute approximate surface area is 195 Å². The molecule has 2 aromatic carbocycles. The average Bonchev–Trinajstić information content (AvgIpc) is 2.73. The van der Waals surface area contributed by atoms with Gasteiger partial charge in [-0.3, -0.25) is 9.78 Å². The SMILES string of the molecule is COc1cc2nccc(Oc3ccc(CC(=S)N4CC(C)(O)C4)c(Cl)c3)c2cc1C(N)=O. The van der Waals surface area contributed by atoms with Crippen molar-refractivity contribution in [2.75, 3.05) is 20.2 Å². The van der Waals surface area contributed by atoms with E-state index in [1.54, 1.807) is 43.5 Å². The molecule has 0 atom stereocenters. The van der Waals surface area contributed by atoms with Crippen molar-refractivity contribution in [2.24, 2.45) is 5.73 Å². The van der Waals surface area contributed by atoms with Crippen LogP contribution in [0.25, 0.3) is 10.9 Å². The van der Waals surface area contributed by atoms with Crippen molar-refractivity contribution < 1.29 is 19.4 Å². The third-order valence-corrected chi connectivity index (χ3v) is 6.05. The smallest absolute Gasteiger partial charge is 0.252 e. The van der Waals surface area contributed by atoms with Crippen LogP contribution in [0.1, 0.15) is 22.8 Å². The zero-order chi connectivity index (χ0) is 23.0. The fourth-order valence-corrected chi connectivity index (χ4v) is 4.21. The number of ether oxygens (including phenoxy) is 2. The normalized spacial score (nSPS) is 14.7. The molecule has 32 heavy (non-hydrogen) atoms. The Morgan fingerprint density at radius 1 is 1.28 bits per heavy atom. The molecule has 0 aliphatic carbocycles. The highest BCUT2D eigenvalue weighted by Crippen LogP contribution is 2.34. The van der Waals surface area contributed by atoms with Gasteiger partial charge in [0.05, 0.1) is 28.8 Å². The van der Waals surface area contributed by atoms with Crippen LogP contribution in [0, 0.1) is 0 Å². The minimum Gasteiger partial charge on any atom is -0.496 e. The number of hydrogen-bond donors (Lipinski definition) is 2. The summed E-state index contributed by atoms with van der Waals surface area (Å²) in [6.45, 7) is 2.84. The number of aliphatic hydroxyl groups is 1. The molecule has 1 aliphatic rings. The van der Waals surface area contributed by atoms with Gasteiger partial charge in [-0.1, -0.05) is 29.9 Å². The van der Waals surface area contributed by atoms with Crippen LogP contribution in [0.5, 0.6) is 17.2 Å². The van der Waals surface area contributed by atoms with Gasteiger partial charge in [0.25, 0.3) is 5.91 Å². The van der Waals surface area contributed by atoms with Crippen LogP contribution in [0.4, 0.5) is 0 Å². The zero-order valence-electron chi connectivity index (χ0n) is 17.6. The number of aromatic nitrogens is 1. The van der Waals surface area contributed by atoms with E-state index < -0.39 is 11.5 Å². The van der Waals surface area contributed by atoms with E-state index in [1.807, 2.05) is 11.0 Å². The summed E-state index contributed by atoms with van der Waals surface area (Å²) in [6.07, 6.45) is 2.11. The number of benzene rings is 2. The number of likely N-dealkylation sites (tertiary alicyclic amines) is 1. The van der Waals surface area contributed by atoms with Gasteiger partial charge in [0, 0.05) is 42.2 Å². The minimum atomic E-state index is -0.683. The number of carbonyl (C=O) groups is 1. The summed E-state index contributed by atoms with van der Waals surface area (Å²) in [5.74, 6) is 0.773. The molecule has 1 aromatic heterocycles. The number of fused-ring (bicyclic) bond motifs is 1. The van der Waals surface area contributed by atoms with Crippen molar-refractivity contribution in [3.63, 3.8) is 0 Å². The van der Waals surface area contributed by atoms with Crippen molar-refractivity contribution in [1.29, 1.82) is 0 Å². The number of carbonyl (C=O) groups excluding carboxylic acids is 1. The predicted octanol–water partition coefficient (Wildman–Crippen LogP) is 3.72. The fraction of sp³-hybridized carbons (Fsp3) is 0.261. The Balaban J connectivity index is 1.57. The van der Waals surface area contributed by atoms with Gasteiger partial charge in [-0.15, -0.1) is 0 Å². The highest BCUT2D eigenvalue weighted by Gasteiger charge is 2.37. The van der Waals surface area contributed by atoms with Crippen LogP contribution in [0.3, 0.4) is 0 Å². The molecule has 7 nitrogen and oxygen atoms in total. The zero-order valence-corrected chi connectivity index (χ0v) is 19.2. The average molecular weight is 472 g/mol. The van der Waals surface area contributed by atoms with Crippen molar-refractivity contribution in [1.82, 2.24) is 9.88 Å². The molecule has 3 aromatic rings. The summed E-state index contributed by atoms with van der Waals surface area (Å²) in [7, 11) is 1.47. The van der Waals surface area contributed by atoms with Gasteiger partial charge >= 0.3 is 0 Å². The van der Waals surface area contributed by atoms with E-state index in [0.717, 1.165) is 10.6 Å². The molecule has 3 N–H and O–H groups in total. The van der Waals surface area contributed by atoms with Crippen molar-refractivity contribution in [3.05, 3.63) is 58.7 Å². The summed E-state index contributed by atoms with van der Waals surface area (Å²) in [5, 5.41) is 11.0. The largest absolute Gasteiger partial charge is 0.496 e. The lowest BCUT2D eigenvalue weighted by Crippen LogP contribution is -2.61. The van der Waals surface area contributed by atoms with Gasteiger partial charge in [-0.05, 0) is 36.8 Å². The third kappa shape index (κ3) is 4.48. The van der Waals surface area contributed by atoms with Gasteiger partial charge in [0.2, 0.25) is 0 Å². The number of rotatable bonds is 6. The number of amides is 1. The summed E-state index contributed by atoms with van der Waals surface area (Å²) in [5.41, 5.74) is 6.51. The standard InChI is InChI=1S/C23H22ClN3O4S/c1-23(29)11-27(12-23)21(32)7-13-3-4-14(8-17(13)24)31-19-5-6-26-18-10-20(30-2)16(22(25)28)9-15(18)19/h3-6,8-10,29H,7,11-12H2,1-2H3,(H2,25,28). The van der Waals surface area contributed by atoms with Crippen molar-refractivity contribution >= 4 is 45.6 Å². The van der Waals surface area contributed by atoms with E-state index in [1.165, 1.54) is 7.11 Å². The quantitative estimate of drug-likeness (QED) is 0.528. The first-order chi connectivity index (χ1) is 15.2. The number of thiocarbonyl (C=S) groups is 1. The Hall–Kier alpha value is -2.94. The number of primary amides is 1. The lowest BCUT2D eigenvalue weighted by molar-refractivity contribution is -0.0491. The van der Waals surface area contributed by atoms with Crippen LogP contribution >= 0.6 is 23.8 Å². The molecule has 1 aliphatic heterocycles. The summed E-state index contributed by atoms with van der Waals surface area (Å²) in [4.78, 5) is 18.8. The monoisotopic (exact) mass is 471 g/mol.